The molecule has 1 fully saturated rings. The number of ether oxygens (including phenoxy) is 3. The average Bonchev–Trinajstić information content (AvgIpc) is 3.52. The molecule has 210 valence electrons. The second-order valence-electron chi connectivity index (χ2n) is 10.1. The molecule has 0 atom stereocenters. The highest BCUT2D eigenvalue weighted by Gasteiger charge is 2.17. The lowest BCUT2D eigenvalue weighted by Gasteiger charge is -2.18. The number of hydrogen-bond donors (Lipinski definition) is 2. The summed E-state index contributed by atoms with van der Waals surface area (Å²) in [5.74, 6) is 1.10. The van der Waals surface area contributed by atoms with Crippen molar-refractivity contribution in [1.82, 2.24) is 14.9 Å². The molecule has 0 bridgehead atoms. The zero-order valence-electron chi connectivity index (χ0n) is 22.8. The predicted octanol–water partition coefficient (Wildman–Crippen LogP) is 4.69. The van der Waals surface area contributed by atoms with Gasteiger partial charge in [-0.25, -0.2) is 4.98 Å². The van der Waals surface area contributed by atoms with Gasteiger partial charge in [-0.15, -0.1) is 0 Å². The van der Waals surface area contributed by atoms with Crippen LogP contribution in [0.15, 0.2) is 60.8 Å². The van der Waals surface area contributed by atoms with E-state index >= 15 is 0 Å². The number of anilines is 2. The first-order valence-electron chi connectivity index (χ1n) is 13.8. The summed E-state index contributed by atoms with van der Waals surface area (Å²) in [6.45, 7) is 6.47. The molecule has 4 aromatic rings. The summed E-state index contributed by atoms with van der Waals surface area (Å²) in [5, 5.41) is 6.58. The number of likely N-dealkylation sites (tertiary alicyclic amines) is 1. The van der Waals surface area contributed by atoms with E-state index < -0.39 is 0 Å². The van der Waals surface area contributed by atoms with E-state index in [1.54, 1.807) is 49.5 Å². The summed E-state index contributed by atoms with van der Waals surface area (Å²) in [6, 6.07) is 15.8. The molecule has 0 saturated carbocycles. The number of amides is 2. The highest BCUT2D eigenvalue weighted by atomic mass is 16.6. The average molecular weight is 554 g/mol. The van der Waals surface area contributed by atoms with Gasteiger partial charge in [0.05, 0.1) is 28.8 Å². The first kappa shape index (κ1) is 26.5. The second-order valence-corrected chi connectivity index (χ2v) is 10.1. The Morgan fingerprint density at radius 3 is 2.51 bits per heavy atom. The molecule has 4 heterocycles. The van der Waals surface area contributed by atoms with Crippen molar-refractivity contribution in [1.29, 1.82) is 0 Å². The number of fused-ring (bicyclic) bond motifs is 2. The quantitative estimate of drug-likeness (QED) is 0.323. The number of nitrogens with one attached hydrogen (secondary N) is 2. The Labute approximate surface area is 237 Å². The van der Waals surface area contributed by atoms with E-state index in [1.807, 2.05) is 18.2 Å². The maximum Gasteiger partial charge on any atom is 0.255 e. The molecule has 2 aromatic carbocycles. The van der Waals surface area contributed by atoms with E-state index in [4.69, 9.17) is 14.2 Å². The van der Waals surface area contributed by atoms with Crippen LogP contribution in [0.25, 0.3) is 10.9 Å². The van der Waals surface area contributed by atoms with Crippen LogP contribution in [0, 0.1) is 6.92 Å². The number of rotatable bonds is 8. The van der Waals surface area contributed by atoms with Crippen LogP contribution >= 0.6 is 0 Å². The van der Waals surface area contributed by atoms with Gasteiger partial charge in [0.25, 0.3) is 11.8 Å². The van der Waals surface area contributed by atoms with Crippen molar-refractivity contribution >= 4 is 34.1 Å². The maximum absolute atomic E-state index is 13.1. The Kier molecular flexibility index (Phi) is 7.64. The molecule has 6 rings (SSSR count). The number of aromatic nitrogens is 2. The van der Waals surface area contributed by atoms with Crippen LogP contribution in [0.1, 0.15) is 39.3 Å². The van der Waals surface area contributed by atoms with Crippen molar-refractivity contribution < 1.29 is 23.8 Å². The second kappa shape index (κ2) is 11.8. The van der Waals surface area contributed by atoms with Crippen LogP contribution in [0.5, 0.6) is 17.4 Å². The summed E-state index contributed by atoms with van der Waals surface area (Å²) in [4.78, 5) is 37.3. The first-order chi connectivity index (χ1) is 20.0. The van der Waals surface area contributed by atoms with Gasteiger partial charge >= 0.3 is 0 Å². The van der Waals surface area contributed by atoms with E-state index in [0.717, 1.165) is 30.5 Å². The van der Waals surface area contributed by atoms with Crippen molar-refractivity contribution in [2.45, 2.75) is 19.8 Å². The number of pyridine rings is 2. The molecule has 0 aliphatic carbocycles. The van der Waals surface area contributed by atoms with Gasteiger partial charge in [-0.3, -0.25) is 19.5 Å². The van der Waals surface area contributed by atoms with Crippen LogP contribution in [0.3, 0.4) is 0 Å². The topological polar surface area (TPSA) is 115 Å². The van der Waals surface area contributed by atoms with Gasteiger partial charge in [-0.05, 0) is 81.4 Å². The SMILES string of the molecule is Cc1ncc(NC(=O)c2ccc3c(c2)OCCO3)cc1NC(=O)c1ccc2nc(OCCN3CCCC3)ccc2c1. The predicted molar refractivity (Wildman–Crippen MR) is 155 cm³/mol. The third-order valence-corrected chi connectivity index (χ3v) is 7.18. The lowest BCUT2D eigenvalue weighted by atomic mass is 10.1. The number of aryl methyl sites for hydroxylation is 1. The number of nitrogens with zero attached hydrogens (tertiary/aromatic N) is 3. The van der Waals surface area contributed by atoms with Gasteiger partial charge in [0.2, 0.25) is 5.88 Å². The van der Waals surface area contributed by atoms with Crippen molar-refractivity contribution in [3.05, 3.63) is 77.6 Å². The Hall–Kier alpha value is -4.70. The van der Waals surface area contributed by atoms with E-state index in [1.165, 1.54) is 12.8 Å². The number of carbonyl (C=O) groups is 2. The fraction of sp³-hybridized carbons (Fsp3) is 0.290. The lowest BCUT2D eigenvalue weighted by molar-refractivity contribution is 0.101. The van der Waals surface area contributed by atoms with Gasteiger partial charge in [-0.2, -0.15) is 0 Å². The molecule has 41 heavy (non-hydrogen) atoms. The summed E-state index contributed by atoms with van der Waals surface area (Å²) in [5.41, 5.74) is 3.22. The van der Waals surface area contributed by atoms with Crippen LogP contribution < -0.4 is 24.8 Å². The lowest BCUT2D eigenvalue weighted by Crippen LogP contribution is -2.25. The number of hydrogen-bond acceptors (Lipinski definition) is 8. The van der Waals surface area contributed by atoms with Crippen molar-refractivity contribution in [3.63, 3.8) is 0 Å². The molecule has 1 saturated heterocycles. The number of carbonyl (C=O) groups excluding carboxylic acids is 2. The fourth-order valence-electron chi connectivity index (χ4n) is 4.92. The largest absolute Gasteiger partial charge is 0.486 e. The Bertz CT molecular complexity index is 1600. The Balaban J connectivity index is 1.10. The highest BCUT2D eigenvalue weighted by Crippen LogP contribution is 2.31. The summed E-state index contributed by atoms with van der Waals surface area (Å²) in [7, 11) is 0. The Morgan fingerprint density at radius 1 is 0.902 bits per heavy atom. The molecule has 2 aromatic heterocycles. The molecule has 10 nitrogen and oxygen atoms in total. The van der Waals surface area contributed by atoms with Gasteiger partial charge in [0.1, 0.15) is 19.8 Å². The molecule has 2 amide bonds. The van der Waals surface area contributed by atoms with Gasteiger partial charge in [-0.1, -0.05) is 0 Å². The molecule has 2 aliphatic rings. The van der Waals surface area contributed by atoms with Gasteiger partial charge in [0, 0.05) is 29.1 Å². The monoisotopic (exact) mass is 553 g/mol. The molecule has 2 aliphatic heterocycles. The van der Waals surface area contributed by atoms with Crippen LogP contribution in [-0.2, 0) is 0 Å². The first-order valence-corrected chi connectivity index (χ1v) is 13.8. The van der Waals surface area contributed by atoms with Crippen molar-refractivity contribution in [2.24, 2.45) is 0 Å². The summed E-state index contributed by atoms with van der Waals surface area (Å²) < 4.78 is 17.0. The van der Waals surface area contributed by atoms with Gasteiger partial charge in [0.15, 0.2) is 11.5 Å². The van der Waals surface area contributed by atoms with Crippen LogP contribution in [-0.4, -0.2) is 66.1 Å². The molecule has 2 N–H and O–H groups in total. The molecule has 0 spiro atoms. The minimum absolute atomic E-state index is 0.293. The zero-order chi connectivity index (χ0) is 28.2. The molecule has 10 heteroatoms. The zero-order valence-corrected chi connectivity index (χ0v) is 22.8. The van der Waals surface area contributed by atoms with Crippen LogP contribution in [0.2, 0.25) is 0 Å². The van der Waals surface area contributed by atoms with Crippen LogP contribution in [0.4, 0.5) is 11.4 Å². The number of benzene rings is 2. The summed E-state index contributed by atoms with van der Waals surface area (Å²) in [6.07, 6.45) is 4.06. The summed E-state index contributed by atoms with van der Waals surface area (Å²) >= 11 is 0. The van der Waals surface area contributed by atoms with E-state index in [2.05, 4.69) is 25.5 Å². The van der Waals surface area contributed by atoms with E-state index in [0.29, 0.717) is 65.4 Å². The third-order valence-electron chi connectivity index (χ3n) is 7.18. The van der Waals surface area contributed by atoms with Gasteiger partial charge < -0.3 is 24.8 Å². The molecular formula is C31H31N5O5. The normalized spacial score (nSPS) is 14.6. The van der Waals surface area contributed by atoms with E-state index in [9.17, 15) is 9.59 Å². The fourth-order valence-corrected chi connectivity index (χ4v) is 4.92. The minimum Gasteiger partial charge on any atom is -0.486 e. The van der Waals surface area contributed by atoms with E-state index in [-0.39, 0.29) is 11.8 Å². The molecule has 0 radical (unpaired) electrons. The maximum atomic E-state index is 13.1. The minimum atomic E-state index is -0.327. The highest BCUT2D eigenvalue weighted by molar-refractivity contribution is 6.07. The van der Waals surface area contributed by atoms with Crippen molar-refractivity contribution in [2.75, 3.05) is 50.1 Å². The third kappa shape index (κ3) is 6.22. The smallest absolute Gasteiger partial charge is 0.255 e. The molecular weight excluding hydrogens is 522 g/mol. The molecule has 0 unspecified atom stereocenters. The Morgan fingerprint density at radius 2 is 1.66 bits per heavy atom. The van der Waals surface area contributed by atoms with Crippen molar-refractivity contribution in [3.8, 4) is 17.4 Å². The standard InChI is InChI=1S/C31H31N5O5/c1-20-26(18-24(19-32-20)33-30(37)23-5-8-27-28(17-23)40-15-14-39-27)35-31(38)22-4-7-25-21(16-22)6-9-29(34-25)41-13-12-36-10-2-3-11-36/h4-9,16-19H,2-3,10-15H2,1H3,(H,33,37)(H,35,38).